The van der Waals surface area contributed by atoms with Gasteiger partial charge in [-0.15, -0.1) is 0 Å². The highest BCUT2D eigenvalue weighted by molar-refractivity contribution is 5.69. The van der Waals surface area contributed by atoms with Crippen LogP contribution in [0, 0.1) is 0 Å². The maximum Gasteiger partial charge on any atom is 0.416 e. The molecule has 5 nitrogen and oxygen atoms in total. The van der Waals surface area contributed by atoms with Gasteiger partial charge in [0, 0.05) is 0 Å². The smallest absolute Gasteiger partial charge is 0.416 e. The molecule has 0 bridgehead atoms. The minimum Gasteiger partial charge on any atom is -0.445 e. The van der Waals surface area contributed by atoms with E-state index in [9.17, 15) is 36.2 Å². The van der Waals surface area contributed by atoms with E-state index in [-0.39, 0.29) is 44.2 Å². The average molecular weight is 582 g/mol. The van der Waals surface area contributed by atoms with Crippen molar-refractivity contribution in [3.8, 4) is 0 Å². The minimum atomic E-state index is -5.00. The van der Waals surface area contributed by atoms with Crippen molar-refractivity contribution < 1.29 is 45.7 Å². The lowest BCUT2D eigenvalue weighted by Gasteiger charge is -2.48. The monoisotopic (exact) mass is 581 g/mol. The quantitative estimate of drug-likeness (QED) is 0.294. The second-order valence-corrected chi connectivity index (χ2v) is 10.0. The number of nitrogens with zero attached hydrogens (tertiary/aromatic N) is 1. The van der Waals surface area contributed by atoms with Crippen LogP contribution in [0.5, 0.6) is 0 Å². The second-order valence-electron chi connectivity index (χ2n) is 10.0. The lowest BCUT2D eigenvalue weighted by molar-refractivity contribution is -0.143. The minimum absolute atomic E-state index is 0.0428. The predicted molar refractivity (Wildman–Crippen MR) is 138 cm³/mol. The molecule has 1 amide bonds. The first-order valence-corrected chi connectivity index (χ1v) is 12.9. The Bertz CT molecular complexity index is 1280. The molecule has 0 aromatic heterocycles. The predicted octanol–water partition coefficient (Wildman–Crippen LogP) is 7.49. The van der Waals surface area contributed by atoms with E-state index in [1.54, 1.807) is 54.6 Å². The number of carbonyl (C=O) groups excluding carboxylic acids is 1. The fraction of sp³-hybridized carbons (Fsp3) is 0.367. The molecule has 1 aliphatic rings. The Balaban J connectivity index is 1.65. The van der Waals surface area contributed by atoms with E-state index in [0.717, 1.165) is 5.56 Å². The Hall–Kier alpha value is -3.57. The lowest BCUT2D eigenvalue weighted by atomic mass is 9.80. The zero-order valence-corrected chi connectivity index (χ0v) is 22.1. The first-order chi connectivity index (χ1) is 19.3. The third-order valence-corrected chi connectivity index (χ3v) is 7.19. The number of alkyl halides is 6. The number of hydrogen-bond acceptors (Lipinski definition) is 4. The van der Waals surface area contributed by atoms with Gasteiger partial charge in [0.2, 0.25) is 0 Å². The van der Waals surface area contributed by atoms with Crippen LogP contribution in [-0.4, -0.2) is 35.4 Å². The molecule has 0 spiro atoms. The van der Waals surface area contributed by atoms with E-state index in [0.29, 0.717) is 17.7 Å². The molecule has 3 atom stereocenters. The molecule has 1 aliphatic heterocycles. The summed E-state index contributed by atoms with van der Waals surface area (Å²) in [7, 11) is 0. The van der Waals surface area contributed by atoms with Gasteiger partial charge in [-0.25, -0.2) is 4.79 Å². The van der Waals surface area contributed by atoms with Crippen LogP contribution in [0.1, 0.15) is 53.7 Å². The van der Waals surface area contributed by atoms with Gasteiger partial charge >= 0.3 is 18.4 Å². The average Bonchev–Trinajstić information content (AvgIpc) is 2.95. The fourth-order valence-corrected chi connectivity index (χ4v) is 4.92. The Labute approximate surface area is 233 Å². The molecule has 1 saturated heterocycles. The molecule has 1 fully saturated rings. The van der Waals surface area contributed by atoms with E-state index in [4.69, 9.17) is 9.47 Å². The van der Waals surface area contributed by atoms with Gasteiger partial charge in [-0.2, -0.15) is 26.3 Å². The van der Waals surface area contributed by atoms with Gasteiger partial charge in [-0.05, 0) is 54.7 Å². The summed E-state index contributed by atoms with van der Waals surface area (Å²) in [6.45, 7) is 0.925. The topological polar surface area (TPSA) is 59.0 Å². The van der Waals surface area contributed by atoms with Crippen LogP contribution in [-0.2, 0) is 34.0 Å². The van der Waals surface area contributed by atoms with Crippen molar-refractivity contribution in [3.05, 3.63) is 107 Å². The normalized spacial score (nSPS) is 20.5. The number of rotatable bonds is 7. The summed E-state index contributed by atoms with van der Waals surface area (Å²) in [4.78, 5) is 14.8. The number of β-amino-alcohol motifs (C(OH)–C–C–N with tert-alkyl or cyclic N) is 1. The summed E-state index contributed by atoms with van der Waals surface area (Å²) in [5, 5.41) is 10.5. The van der Waals surface area contributed by atoms with Gasteiger partial charge in [0.1, 0.15) is 6.61 Å². The summed E-state index contributed by atoms with van der Waals surface area (Å²) in [5.41, 5.74) is -3.06. The molecular formula is C30H29F6NO4. The summed E-state index contributed by atoms with van der Waals surface area (Å²) >= 11 is 0. The maximum absolute atomic E-state index is 13.4. The van der Waals surface area contributed by atoms with Crippen LogP contribution < -0.4 is 0 Å². The third kappa shape index (κ3) is 7.20. The van der Waals surface area contributed by atoms with Crippen LogP contribution in [0.3, 0.4) is 0 Å². The molecule has 3 aromatic rings. The highest BCUT2D eigenvalue weighted by Crippen LogP contribution is 2.41. The molecule has 0 aliphatic carbocycles. The van der Waals surface area contributed by atoms with Crippen molar-refractivity contribution >= 4 is 6.09 Å². The van der Waals surface area contributed by atoms with Crippen LogP contribution in [0.15, 0.2) is 78.9 Å². The van der Waals surface area contributed by atoms with Crippen LogP contribution >= 0.6 is 0 Å². The van der Waals surface area contributed by atoms with Gasteiger partial charge in [-0.1, -0.05) is 60.7 Å². The van der Waals surface area contributed by atoms with Crippen LogP contribution in [0.4, 0.5) is 31.1 Å². The van der Waals surface area contributed by atoms with Crippen molar-refractivity contribution in [1.82, 2.24) is 4.90 Å². The zero-order valence-electron chi connectivity index (χ0n) is 22.1. The van der Waals surface area contributed by atoms with Crippen LogP contribution in [0.25, 0.3) is 0 Å². The number of benzene rings is 3. The number of carbonyl (C=O) groups is 1. The number of hydrogen-bond donors (Lipinski definition) is 1. The van der Waals surface area contributed by atoms with E-state index in [1.165, 1.54) is 11.8 Å². The highest BCUT2D eigenvalue weighted by Gasteiger charge is 2.47. The number of halogens is 6. The lowest BCUT2D eigenvalue weighted by Crippen LogP contribution is -2.58. The Morgan fingerprint density at radius 2 is 1.51 bits per heavy atom. The maximum atomic E-state index is 13.4. The van der Waals surface area contributed by atoms with Gasteiger partial charge in [0.25, 0.3) is 0 Å². The van der Waals surface area contributed by atoms with Gasteiger partial charge in [-0.3, -0.25) is 4.90 Å². The third-order valence-electron chi connectivity index (χ3n) is 7.19. The van der Waals surface area contributed by atoms with Crippen molar-refractivity contribution in [3.63, 3.8) is 0 Å². The fourth-order valence-electron chi connectivity index (χ4n) is 4.92. The number of aliphatic hydroxyl groups is 1. The Morgan fingerprint density at radius 3 is 2.07 bits per heavy atom. The molecule has 41 heavy (non-hydrogen) atoms. The molecule has 11 heteroatoms. The van der Waals surface area contributed by atoms with E-state index >= 15 is 0 Å². The first-order valence-electron chi connectivity index (χ1n) is 12.9. The molecular weight excluding hydrogens is 552 g/mol. The molecule has 0 radical (unpaired) electrons. The molecule has 220 valence electrons. The molecule has 3 aromatic carbocycles. The highest BCUT2D eigenvalue weighted by atomic mass is 19.4. The van der Waals surface area contributed by atoms with E-state index < -0.39 is 47.3 Å². The summed E-state index contributed by atoms with van der Waals surface area (Å²) in [6.07, 6.45) is -12.3. The molecule has 1 N–H and O–H groups in total. The van der Waals surface area contributed by atoms with Gasteiger partial charge in [0.15, 0.2) is 0 Å². The van der Waals surface area contributed by atoms with Crippen molar-refractivity contribution in [2.24, 2.45) is 0 Å². The Morgan fingerprint density at radius 1 is 0.951 bits per heavy atom. The van der Waals surface area contributed by atoms with Gasteiger partial charge < -0.3 is 14.6 Å². The van der Waals surface area contributed by atoms with Crippen molar-refractivity contribution in [2.45, 2.75) is 56.5 Å². The number of ether oxygens (including phenoxy) is 2. The molecule has 1 heterocycles. The standard InChI is InChI=1S/C30H29F6NO4/c1-20(22-14-24(29(31,32)33)16-25(15-22)30(34,35)36)41-19-28(23-10-6-3-7-11-23)13-12-26(38)17-37(28)27(39)40-18-21-8-4-2-5-9-21/h2-11,14-16,20,26,38H,12-13,17-19H2,1H3/t20-,26?,28+/m1/s1. The molecule has 4 rings (SSSR count). The molecule has 0 saturated carbocycles. The van der Waals surface area contributed by atoms with Gasteiger partial charge in [0.05, 0.1) is 42.0 Å². The summed E-state index contributed by atoms with van der Waals surface area (Å²) in [5.74, 6) is 0. The zero-order chi connectivity index (χ0) is 29.8. The number of likely N-dealkylation sites (tertiary alicyclic amines) is 1. The van der Waals surface area contributed by atoms with E-state index in [1.807, 2.05) is 6.07 Å². The second kappa shape index (κ2) is 12.1. The molecule has 1 unspecified atom stereocenters. The van der Waals surface area contributed by atoms with Crippen LogP contribution in [0.2, 0.25) is 0 Å². The van der Waals surface area contributed by atoms with E-state index in [2.05, 4.69) is 0 Å². The number of aliphatic hydroxyl groups excluding tert-OH is 1. The summed E-state index contributed by atoms with van der Waals surface area (Å²) < 4.78 is 92.2. The first kappa shape index (κ1) is 30.4. The number of amides is 1. The van der Waals surface area contributed by atoms with Crippen molar-refractivity contribution in [2.75, 3.05) is 13.2 Å². The number of piperidine rings is 1. The SMILES string of the molecule is C[C@@H](OC[C@]1(c2ccccc2)CCC(O)CN1C(=O)OCc1ccccc1)c1cc(C(F)(F)F)cc(C(F)(F)F)c1. The van der Waals surface area contributed by atoms with Crippen molar-refractivity contribution in [1.29, 1.82) is 0 Å². The Kier molecular flexibility index (Phi) is 8.98. The largest absolute Gasteiger partial charge is 0.445 e. The summed E-state index contributed by atoms with van der Waals surface area (Å²) in [6, 6.07) is 19.0.